The minimum atomic E-state index is -0.286. The van der Waals surface area contributed by atoms with Crippen LogP contribution in [0.15, 0.2) is 11.6 Å². The number of ether oxygens (including phenoxy) is 1. The third-order valence-electron chi connectivity index (χ3n) is 4.55. The maximum Gasteiger partial charge on any atom is 0.113 e. The second-order valence-electron chi connectivity index (χ2n) is 6.38. The Kier molecular flexibility index (Phi) is 3.65. The van der Waals surface area contributed by atoms with Gasteiger partial charge in [0, 0.05) is 0 Å². The largest absolute Gasteiger partial charge is 0.390 e. The van der Waals surface area contributed by atoms with Gasteiger partial charge >= 0.3 is 0 Å². The Morgan fingerprint density at radius 1 is 1.47 bits per heavy atom. The van der Waals surface area contributed by atoms with Gasteiger partial charge in [0.2, 0.25) is 0 Å². The van der Waals surface area contributed by atoms with E-state index >= 15 is 0 Å². The molecule has 0 spiro atoms. The van der Waals surface area contributed by atoms with Gasteiger partial charge in [-0.1, -0.05) is 25.5 Å². The van der Waals surface area contributed by atoms with Crippen LogP contribution in [0, 0.1) is 11.8 Å². The summed E-state index contributed by atoms with van der Waals surface area (Å²) in [6.45, 7) is 8.76. The van der Waals surface area contributed by atoms with Crippen LogP contribution in [0.2, 0.25) is 0 Å². The minimum absolute atomic E-state index is 0.0688. The highest BCUT2D eigenvalue weighted by molar-refractivity contribution is 5.09. The van der Waals surface area contributed by atoms with Crippen LogP contribution < -0.4 is 0 Å². The van der Waals surface area contributed by atoms with Gasteiger partial charge in [0.05, 0.1) is 11.7 Å². The summed E-state index contributed by atoms with van der Waals surface area (Å²) in [5, 5.41) is 10.5. The van der Waals surface area contributed by atoms with Gasteiger partial charge in [0.1, 0.15) is 6.10 Å². The predicted octanol–water partition coefficient (Wildman–Crippen LogP) is 3.30. The highest BCUT2D eigenvalue weighted by Gasteiger charge is 2.57. The van der Waals surface area contributed by atoms with E-state index in [2.05, 4.69) is 33.8 Å². The second-order valence-corrected chi connectivity index (χ2v) is 6.38. The van der Waals surface area contributed by atoms with E-state index < -0.39 is 0 Å². The summed E-state index contributed by atoms with van der Waals surface area (Å²) < 4.78 is 5.79. The van der Waals surface area contributed by atoms with E-state index in [-0.39, 0.29) is 17.8 Å². The molecule has 1 saturated heterocycles. The monoisotopic (exact) mass is 238 g/mol. The van der Waals surface area contributed by atoms with Gasteiger partial charge in [-0.2, -0.15) is 0 Å². The SMILES string of the molecule is C/C1=C\CC[C@@]2(C)O[C@@H]2[C@@H](O)[C@H](C(C)C)CC1. The van der Waals surface area contributed by atoms with Gasteiger partial charge in [0.25, 0.3) is 0 Å². The Balaban J connectivity index is 2.14. The molecule has 0 bridgehead atoms. The number of hydrogen-bond acceptors (Lipinski definition) is 2. The zero-order valence-electron chi connectivity index (χ0n) is 11.6. The summed E-state index contributed by atoms with van der Waals surface area (Å²) >= 11 is 0. The van der Waals surface area contributed by atoms with Gasteiger partial charge < -0.3 is 9.84 Å². The molecular weight excluding hydrogens is 212 g/mol. The van der Waals surface area contributed by atoms with Crippen LogP contribution in [0.3, 0.4) is 0 Å². The molecule has 17 heavy (non-hydrogen) atoms. The van der Waals surface area contributed by atoms with Gasteiger partial charge in [-0.25, -0.2) is 0 Å². The van der Waals surface area contributed by atoms with Crippen LogP contribution in [0.4, 0.5) is 0 Å². The van der Waals surface area contributed by atoms with E-state index in [1.165, 1.54) is 5.57 Å². The molecule has 1 heterocycles. The average molecular weight is 238 g/mol. The Labute approximate surface area is 105 Å². The maximum absolute atomic E-state index is 10.5. The minimum Gasteiger partial charge on any atom is -0.390 e. The molecule has 1 aliphatic heterocycles. The Bertz CT molecular complexity index is 308. The number of allylic oxidation sites excluding steroid dienone is 2. The zero-order valence-corrected chi connectivity index (χ0v) is 11.6. The molecule has 0 radical (unpaired) electrons. The lowest BCUT2D eigenvalue weighted by Crippen LogP contribution is -2.33. The molecule has 0 aromatic heterocycles. The summed E-state index contributed by atoms with van der Waals surface area (Å²) in [4.78, 5) is 0. The fraction of sp³-hybridized carbons (Fsp3) is 0.867. The third-order valence-corrected chi connectivity index (χ3v) is 4.55. The Morgan fingerprint density at radius 3 is 2.82 bits per heavy atom. The quantitative estimate of drug-likeness (QED) is 0.561. The molecule has 2 rings (SSSR count). The van der Waals surface area contributed by atoms with Gasteiger partial charge in [-0.05, 0) is 51.4 Å². The lowest BCUT2D eigenvalue weighted by Gasteiger charge is -2.27. The van der Waals surface area contributed by atoms with Crippen molar-refractivity contribution in [2.75, 3.05) is 0 Å². The van der Waals surface area contributed by atoms with Crippen molar-refractivity contribution in [3.8, 4) is 0 Å². The Hall–Kier alpha value is -0.340. The third kappa shape index (κ3) is 2.74. The first-order valence-corrected chi connectivity index (χ1v) is 6.95. The smallest absolute Gasteiger partial charge is 0.113 e. The van der Waals surface area contributed by atoms with Gasteiger partial charge in [0.15, 0.2) is 0 Å². The van der Waals surface area contributed by atoms with Gasteiger partial charge in [-0.15, -0.1) is 0 Å². The second kappa shape index (κ2) is 4.74. The molecule has 0 aromatic rings. The van der Waals surface area contributed by atoms with Crippen LogP contribution in [0.1, 0.15) is 53.4 Å². The van der Waals surface area contributed by atoms with Crippen LogP contribution >= 0.6 is 0 Å². The number of hydrogen-bond donors (Lipinski definition) is 1. The molecule has 0 saturated carbocycles. The summed E-state index contributed by atoms with van der Waals surface area (Å²) in [6, 6.07) is 0. The molecule has 0 unspecified atom stereocenters. The molecular formula is C15H26O2. The summed E-state index contributed by atoms with van der Waals surface area (Å²) in [6.07, 6.45) is 6.45. The van der Waals surface area contributed by atoms with Crippen molar-refractivity contribution in [2.45, 2.75) is 71.2 Å². The lowest BCUT2D eigenvalue weighted by atomic mass is 9.80. The van der Waals surface area contributed by atoms with E-state index in [9.17, 15) is 5.11 Å². The van der Waals surface area contributed by atoms with Crippen molar-refractivity contribution in [1.29, 1.82) is 0 Å². The van der Waals surface area contributed by atoms with Crippen molar-refractivity contribution in [3.63, 3.8) is 0 Å². The molecule has 2 aliphatic rings. The first-order valence-electron chi connectivity index (χ1n) is 6.95. The molecule has 1 aliphatic carbocycles. The maximum atomic E-state index is 10.5. The number of rotatable bonds is 1. The van der Waals surface area contributed by atoms with Crippen molar-refractivity contribution >= 4 is 0 Å². The van der Waals surface area contributed by atoms with E-state index in [4.69, 9.17) is 4.74 Å². The number of aliphatic hydroxyl groups excluding tert-OH is 1. The molecule has 2 nitrogen and oxygen atoms in total. The van der Waals surface area contributed by atoms with Crippen molar-refractivity contribution in [3.05, 3.63) is 11.6 Å². The zero-order chi connectivity index (χ0) is 12.6. The van der Waals surface area contributed by atoms with E-state index in [1.807, 2.05) is 0 Å². The van der Waals surface area contributed by atoms with E-state index in [0.29, 0.717) is 11.8 Å². The highest BCUT2D eigenvalue weighted by Crippen LogP contribution is 2.46. The van der Waals surface area contributed by atoms with Crippen LogP contribution in [0.5, 0.6) is 0 Å². The molecule has 0 amide bonds. The van der Waals surface area contributed by atoms with Crippen LogP contribution in [-0.4, -0.2) is 22.9 Å². The fourth-order valence-corrected chi connectivity index (χ4v) is 3.11. The average Bonchev–Trinajstić information content (AvgIpc) is 2.89. The van der Waals surface area contributed by atoms with Crippen LogP contribution in [-0.2, 0) is 4.74 Å². The van der Waals surface area contributed by atoms with E-state index in [1.54, 1.807) is 0 Å². The Morgan fingerprint density at radius 2 is 2.18 bits per heavy atom. The summed E-state index contributed by atoms with van der Waals surface area (Å²) in [5.41, 5.74) is 1.39. The lowest BCUT2D eigenvalue weighted by molar-refractivity contribution is 0.0505. The van der Waals surface area contributed by atoms with Crippen molar-refractivity contribution in [1.82, 2.24) is 0 Å². The highest BCUT2D eigenvalue weighted by atomic mass is 16.6. The first kappa shape index (κ1) is 13.1. The molecule has 4 atom stereocenters. The molecule has 2 heteroatoms. The van der Waals surface area contributed by atoms with Crippen molar-refractivity contribution < 1.29 is 9.84 Å². The molecule has 0 aromatic carbocycles. The number of epoxide rings is 1. The summed E-state index contributed by atoms with van der Waals surface area (Å²) in [5.74, 6) is 0.883. The first-order chi connectivity index (χ1) is 7.94. The molecule has 98 valence electrons. The predicted molar refractivity (Wildman–Crippen MR) is 69.8 cm³/mol. The van der Waals surface area contributed by atoms with Crippen LogP contribution in [0.25, 0.3) is 0 Å². The summed E-state index contributed by atoms with van der Waals surface area (Å²) in [7, 11) is 0. The normalized spacial score (nSPS) is 46.0. The topological polar surface area (TPSA) is 32.8 Å². The fourth-order valence-electron chi connectivity index (χ4n) is 3.11. The van der Waals surface area contributed by atoms with Crippen molar-refractivity contribution in [2.24, 2.45) is 11.8 Å². The number of fused-ring (bicyclic) bond motifs is 1. The molecule has 1 fully saturated rings. The molecule has 1 N–H and O–H groups in total. The van der Waals surface area contributed by atoms with Gasteiger partial charge in [-0.3, -0.25) is 0 Å². The van der Waals surface area contributed by atoms with E-state index in [0.717, 1.165) is 25.7 Å². The number of aliphatic hydroxyl groups is 1. The standard InChI is InChI=1S/C15H26O2/c1-10(2)12-8-7-11(3)6-5-9-15(4)14(17-15)13(12)16/h6,10,12-14,16H,5,7-9H2,1-4H3/b11-6+/t12-,13-,14+,15+/m0/s1.